The smallest absolute Gasteiger partial charge is 0.295 e. The van der Waals surface area contributed by atoms with Crippen LogP contribution in [0.3, 0.4) is 0 Å². The highest BCUT2D eigenvalue weighted by atomic mass is 35.5. The van der Waals surface area contributed by atoms with E-state index in [1.165, 1.54) is 11.3 Å². The molecule has 1 N–H and O–H groups in total. The fraction of sp³-hybridized carbons (Fsp3) is 0.333. The Morgan fingerprint density at radius 3 is 2.52 bits per heavy atom. The number of halogens is 1. The lowest BCUT2D eigenvalue weighted by Gasteiger charge is -2.30. The summed E-state index contributed by atoms with van der Waals surface area (Å²) in [6.45, 7) is 4.01. The van der Waals surface area contributed by atoms with E-state index in [-0.39, 0.29) is 11.3 Å². The van der Waals surface area contributed by atoms with E-state index in [1.807, 2.05) is 17.5 Å². The summed E-state index contributed by atoms with van der Waals surface area (Å²) in [4.78, 5) is 30.4. The molecule has 3 heterocycles. The number of likely N-dealkylation sites (tertiary alicyclic amines) is 1. The molecule has 0 aliphatic carbocycles. The fourth-order valence-electron chi connectivity index (χ4n) is 3.69. The van der Waals surface area contributed by atoms with Gasteiger partial charge in [-0.05, 0) is 35.7 Å². The summed E-state index contributed by atoms with van der Waals surface area (Å²) in [5, 5.41) is 13.4. The Morgan fingerprint density at radius 1 is 1.14 bits per heavy atom. The minimum absolute atomic E-state index is 0.127. The van der Waals surface area contributed by atoms with Crippen molar-refractivity contribution >= 4 is 40.4 Å². The van der Waals surface area contributed by atoms with E-state index >= 15 is 0 Å². The summed E-state index contributed by atoms with van der Waals surface area (Å²) in [5.74, 6) is -1.41. The number of aliphatic hydroxyl groups is 1. The van der Waals surface area contributed by atoms with Crippen molar-refractivity contribution in [1.29, 1.82) is 0 Å². The van der Waals surface area contributed by atoms with E-state index in [0.717, 1.165) is 18.0 Å². The molecule has 1 amide bonds. The number of morpholine rings is 1. The number of rotatable bonds is 5. The molecule has 6 nitrogen and oxygen atoms in total. The van der Waals surface area contributed by atoms with Crippen LogP contribution in [0.1, 0.15) is 16.5 Å². The number of amides is 1. The van der Waals surface area contributed by atoms with Crippen molar-refractivity contribution in [2.75, 3.05) is 39.4 Å². The van der Waals surface area contributed by atoms with Crippen LogP contribution < -0.4 is 0 Å². The molecule has 2 saturated heterocycles. The van der Waals surface area contributed by atoms with Crippen molar-refractivity contribution in [3.05, 3.63) is 62.8 Å². The fourth-order valence-corrected chi connectivity index (χ4v) is 4.66. The molecule has 29 heavy (non-hydrogen) atoms. The molecule has 1 aromatic heterocycles. The zero-order valence-corrected chi connectivity index (χ0v) is 17.3. The van der Waals surface area contributed by atoms with Crippen LogP contribution in [0.2, 0.25) is 5.02 Å². The maximum atomic E-state index is 12.9. The molecule has 1 aromatic carbocycles. The quantitative estimate of drug-likeness (QED) is 0.446. The molecule has 2 aliphatic heterocycles. The number of hydrogen-bond acceptors (Lipinski definition) is 6. The third-order valence-corrected chi connectivity index (χ3v) is 6.41. The Bertz CT molecular complexity index is 921. The number of aliphatic hydroxyl groups excluding tert-OH is 1. The molecule has 1 atom stereocenters. The first-order valence-corrected chi connectivity index (χ1v) is 10.7. The maximum absolute atomic E-state index is 12.9. The Balaban J connectivity index is 1.68. The Hall–Kier alpha value is -2.19. The van der Waals surface area contributed by atoms with Crippen LogP contribution in [0, 0.1) is 0 Å². The average molecular weight is 433 g/mol. The van der Waals surface area contributed by atoms with E-state index in [2.05, 4.69) is 4.90 Å². The number of nitrogens with zero attached hydrogens (tertiary/aromatic N) is 2. The highest BCUT2D eigenvalue weighted by Crippen LogP contribution is 2.41. The molecule has 4 rings (SSSR count). The number of carbonyl (C=O) groups excluding carboxylic acids is 2. The zero-order valence-electron chi connectivity index (χ0n) is 15.7. The number of Topliss-reactive ketones (excluding diaryl/α,β-unsaturated/α-hetero) is 1. The van der Waals surface area contributed by atoms with Crippen molar-refractivity contribution < 1.29 is 19.4 Å². The highest BCUT2D eigenvalue weighted by molar-refractivity contribution is 7.10. The Morgan fingerprint density at radius 2 is 1.86 bits per heavy atom. The molecule has 2 aliphatic rings. The molecule has 2 fully saturated rings. The van der Waals surface area contributed by atoms with Gasteiger partial charge < -0.3 is 14.7 Å². The van der Waals surface area contributed by atoms with Gasteiger partial charge in [-0.15, -0.1) is 11.3 Å². The van der Waals surface area contributed by atoms with E-state index in [0.29, 0.717) is 36.9 Å². The summed E-state index contributed by atoms with van der Waals surface area (Å²) >= 11 is 7.40. The van der Waals surface area contributed by atoms with Crippen molar-refractivity contribution in [2.24, 2.45) is 0 Å². The molecule has 0 unspecified atom stereocenters. The van der Waals surface area contributed by atoms with E-state index < -0.39 is 17.7 Å². The van der Waals surface area contributed by atoms with Crippen LogP contribution in [-0.2, 0) is 14.3 Å². The average Bonchev–Trinajstić information content (AvgIpc) is 3.35. The van der Waals surface area contributed by atoms with Crippen LogP contribution in [-0.4, -0.2) is 66.0 Å². The van der Waals surface area contributed by atoms with Crippen molar-refractivity contribution in [3.63, 3.8) is 0 Å². The summed E-state index contributed by atoms with van der Waals surface area (Å²) in [6.07, 6.45) is 0. The van der Waals surface area contributed by atoms with Gasteiger partial charge in [0.05, 0.1) is 24.8 Å². The van der Waals surface area contributed by atoms with Crippen LogP contribution >= 0.6 is 22.9 Å². The largest absolute Gasteiger partial charge is 0.507 e. The van der Waals surface area contributed by atoms with E-state index in [9.17, 15) is 14.7 Å². The third kappa shape index (κ3) is 4.09. The molecule has 8 heteroatoms. The van der Waals surface area contributed by atoms with Gasteiger partial charge in [0.25, 0.3) is 11.7 Å². The SMILES string of the molecule is O=C1C(=O)N(CCN2CCOCC2)[C@@H](c2cccs2)C1=C(O)c1ccc(Cl)cc1. The van der Waals surface area contributed by atoms with Gasteiger partial charge in [-0.3, -0.25) is 14.5 Å². The van der Waals surface area contributed by atoms with Gasteiger partial charge >= 0.3 is 0 Å². The van der Waals surface area contributed by atoms with Crippen molar-refractivity contribution in [1.82, 2.24) is 9.80 Å². The number of thiophene rings is 1. The van der Waals surface area contributed by atoms with Crippen LogP contribution in [0.15, 0.2) is 47.4 Å². The monoisotopic (exact) mass is 432 g/mol. The second-order valence-corrected chi connectivity index (χ2v) is 8.38. The van der Waals surface area contributed by atoms with Gasteiger partial charge in [-0.2, -0.15) is 0 Å². The van der Waals surface area contributed by atoms with Gasteiger partial charge in [-0.1, -0.05) is 17.7 Å². The number of benzene rings is 1. The number of carbonyl (C=O) groups is 2. The number of ketones is 1. The minimum Gasteiger partial charge on any atom is -0.507 e. The predicted octanol–water partition coefficient (Wildman–Crippen LogP) is 3.16. The summed E-state index contributed by atoms with van der Waals surface area (Å²) < 4.78 is 5.37. The second kappa shape index (κ2) is 8.67. The lowest BCUT2D eigenvalue weighted by atomic mass is 10.00. The first-order valence-electron chi connectivity index (χ1n) is 9.44. The van der Waals surface area contributed by atoms with Gasteiger partial charge in [0.1, 0.15) is 5.76 Å². The lowest BCUT2D eigenvalue weighted by Crippen LogP contribution is -2.42. The van der Waals surface area contributed by atoms with Gasteiger partial charge in [0.15, 0.2) is 0 Å². The lowest BCUT2D eigenvalue weighted by molar-refractivity contribution is -0.140. The van der Waals surface area contributed by atoms with Gasteiger partial charge in [0.2, 0.25) is 0 Å². The van der Waals surface area contributed by atoms with Gasteiger partial charge in [0, 0.05) is 41.6 Å². The molecule has 0 spiro atoms. The first-order chi connectivity index (χ1) is 14.1. The van der Waals surface area contributed by atoms with E-state index in [4.69, 9.17) is 16.3 Å². The Kier molecular flexibility index (Phi) is 6.01. The van der Waals surface area contributed by atoms with Crippen LogP contribution in [0.25, 0.3) is 5.76 Å². The highest BCUT2D eigenvalue weighted by Gasteiger charge is 2.46. The van der Waals surface area contributed by atoms with Crippen molar-refractivity contribution in [3.8, 4) is 0 Å². The predicted molar refractivity (Wildman–Crippen MR) is 112 cm³/mol. The van der Waals surface area contributed by atoms with Crippen LogP contribution in [0.4, 0.5) is 0 Å². The molecule has 152 valence electrons. The standard InChI is InChI=1S/C21H21ClN2O4S/c22-15-5-3-14(4-6-15)19(25)17-18(16-2-1-13-29-16)24(21(27)20(17)26)8-7-23-9-11-28-12-10-23/h1-6,13,18,25H,7-12H2/t18-/m0/s1. The summed E-state index contributed by atoms with van der Waals surface area (Å²) in [6, 6.07) is 9.75. The zero-order chi connectivity index (χ0) is 20.4. The maximum Gasteiger partial charge on any atom is 0.295 e. The summed E-state index contributed by atoms with van der Waals surface area (Å²) in [5.41, 5.74) is 0.587. The topological polar surface area (TPSA) is 70.1 Å². The first kappa shape index (κ1) is 20.1. The van der Waals surface area contributed by atoms with E-state index in [1.54, 1.807) is 29.2 Å². The second-order valence-electron chi connectivity index (χ2n) is 6.97. The van der Waals surface area contributed by atoms with Crippen molar-refractivity contribution in [2.45, 2.75) is 6.04 Å². The molecule has 0 saturated carbocycles. The molecule has 2 aromatic rings. The van der Waals surface area contributed by atoms with Crippen LogP contribution in [0.5, 0.6) is 0 Å². The Labute approximate surface area is 177 Å². The third-order valence-electron chi connectivity index (χ3n) is 5.23. The normalized spacial score (nSPS) is 22.4. The number of ether oxygens (including phenoxy) is 1. The molecular weight excluding hydrogens is 412 g/mol. The molecule has 0 radical (unpaired) electrons. The summed E-state index contributed by atoms with van der Waals surface area (Å²) in [7, 11) is 0. The minimum atomic E-state index is -0.655. The van der Waals surface area contributed by atoms with Gasteiger partial charge in [-0.25, -0.2) is 0 Å². The molecular formula is C21H21ClN2O4S. The number of hydrogen-bond donors (Lipinski definition) is 1. The molecule has 0 bridgehead atoms.